The summed E-state index contributed by atoms with van der Waals surface area (Å²) in [7, 11) is 0. The fraction of sp³-hybridized carbons (Fsp3) is 0.583. The number of rotatable bonds is 6. The van der Waals surface area contributed by atoms with Crippen molar-refractivity contribution in [2.24, 2.45) is 5.73 Å². The first-order valence-electron chi connectivity index (χ1n) is 5.71. The molecule has 0 amide bonds. The summed E-state index contributed by atoms with van der Waals surface area (Å²) in [5, 5.41) is 0. The number of unbranched alkanes of at least 4 members (excludes halogenated alkanes) is 1. The lowest BCUT2D eigenvalue weighted by atomic mass is 10.2. The Morgan fingerprint density at radius 1 is 1.40 bits per heavy atom. The van der Waals surface area contributed by atoms with E-state index in [1.807, 2.05) is 12.3 Å². The van der Waals surface area contributed by atoms with E-state index in [2.05, 4.69) is 23.7 Å². The number of pyridine rings is 1. The van der Waals surface area contributed by atoms with Gasteiger partial charge in [0.2, 0.25) is 0 Å². The van der Waals surface area contributed by atoms with Crippen LogP contribution in [-0.2, 0) is 6.54 Å². The van der Waals surface area contributed by atoms with Crippen LogP contribution in [0.15, 0.2) is 18.5 Å². The van der Waals surface area contributed by atoms with Crippen LogP contribution in [0, 0.1) is 0 Å². The predicted molar refractivity (Wildman–Crippen MR) is 64.9 cm³/mol. The standard InChI is InChI=1S/C12H21N3/c1-3-5-8-15(4-2)12-10-14-7-6-11(12)9-13/h6-7,10H,3-5,8-9,13H2,1-2H3. The van der Waals surface area contributed by atoms with Crippen molar-refractivity contribution in [1.82, 2.24) is 4.98 Å². The van der Waals surface area contributed by atoms with Gasteiger partial charge in [-0.2, -0.15) is 0 Å². The van der Waals surface area contributed by atoms with Gasteiger partial charge in [-0.25, -0.2) is 0 Å². The van der Waals surface area contributed by atoms with Gasteiger partial charge >= 0.3 is 0 Å². The molecule has 1 aromatic heterocycles. The van der Waals surface area contributed by atoms with Crippen molar-refractivity contribution in [2.45, 2.75) is 33.2 Å². The van der Waals surface area contributed by atoms with E-state index in [-0.39, 0.29) is 0 Å². The highest BCUT2D eigenvalue weighted by molar-refractivity contribution is 5.51. The highest BCUT2D eigenvalue weighted by Gasteiger charge is 2.07. The molecule has 0 aliphatic heterocycles. The van der Waals surface area contributed by atoms with Crippen molar-refractivity contribution in [3.63, 3.8) is 0 Å². The van der Waals surface area contributed by atoms with Gasteiger partial charge < -0.3 is 10.6 Å². The second-order valence-corrected chi connectivity index (χ2v) is 3.64. The molecule has 0 spiro atoms. The third-order valence-electron chi connectivity index (χ3n) is 2.61. The summed E-state index contributed by atoms with van der Waals surface area (Å²) < 4.78 is 0. The Kier molecular flexibility index (Phi) is 5.12. The van der Waals surface area contributed by atoms with Gasteiger partial charge in [0.05, 0.1) is 11.9 Å². The number of hydrogen-bond acceptors (Lipinski definition) is 3. The molecular formula is C12H21N3. The zero-order chi connectivity index (χ0) is 11.1. The lowest BCUT2D eigenvalue weighted by Gasteiger charge is -2.24. The van der Waals surface area contributed by atoms with Crippen LogP contribution in [0.25, 0.3) is 0 Å². The first kappa shape index (κ1) is 12.0. The summed E-state index contributed by atoms with van der Waals surface area (Å²) in [6.07, 6.45) is 6.15. The Balaban J connectivity index is 2.80. The molecule has 3 nitrogen and oxygen atoms in total. The van der Waals surface area contributed by atoms with E-state index in [4.69, 9.17) is 5.73 Å². The Bertz CT molecular complexity index is 286. The Morgan fingerprint density at radius 3 is 2.80 bits per heavy atom. The van der Waals surface area contributed by atoms with Crippen molar-refractivity contribution >= 4 is 5.69 Å². The van der Waals surface area contributed by atoms with E-state index in [1.165, 1.54) is 24.1 Å². The molecule has 1 rings (SSSR count). The van der Waals surface area contributed by atoms with Crippen molar-refractivity contribution in [1.29, 1.82) is 0 Å². The molecule has 0 aliphatic rings. The van der Waals surface area contributed by atoms with Gasteiger partial charge in [0.25, 0.3) is 0 Å². The highest BCUT2D eigenvalue weighted by Crippen LogP contribution is 2.18. The molecule has 0 saturated carbocycles. The number of nitrogens with two attached hydrogens (primary N) is 1. The van der Waals surface area contributed by atoms with Gasteiger partial charge in [-0.15, -0.1) is 0 Å². The Labute approximate surface area is 92.3 Å². The van der Waals surface area contributed by atoms with Crippen LogP contribution < -0.4 is 10.6 Å². The van der Waals surface area contributed by atoms with Crippen molar-refractivity contribution in [3.8, 4) is 0 Å². The summed E-state index contributed by atoms with van der Waals surface area (Å²) in [4.78, 5) is 6.52. The molecule has 0 radical (unpaired) electrons. The number of aromatic nitrogens is 1. The van der Waals surface area contributed by atoms with Crippen LogP contribution in [-0.4, -0.2) is 18.1 Å². The average Bonchev–Trinajstić information content (AvgIpc) is 2.30. The fourth-order valence-corrected chi connectivity index (χ4v) is 1.67. The molecule has 84 valence electrons. The van der Waals surface area contributed by atoms with Crippen LogP contribution in [0.3, 0.4) is 0 Å². The maximum atomic E-state index is 5.72. The molecule has 0 saturated heterocycles. The van der Waals surface area contributed by atoms with E-state index >= 15 is 0 Å². The number of nitrogens with zero attached hydrogens (tertiary/aromatic N) is 2. The average molecular weight is 207 g/mol. The summed E-state index contributed by atoms with van der Waals surface area (Å²) in [6.45, 7) is 7.06. The fourth-order valence-electron chi connectivity index (χ4n) is 1.67. The maximum Gasteiger partial charge on any atom is 0.0598 e. The Hall–Kier alpha value is -1.09. The molecule has 0 fully saturated rings. The highest BCUT2D eigenvalue weighted by atomic mass is 15.1. The van der Waals surface area contributed by atoms with Crippen LogP contribution in [0.4, 0.5) is 5.69 Å². The minimum absolute atomic E-state index is 0.584. The molecule has 1 aromatic rings. The summed E-state index contributed by atoms with van der Waals surface area (Å²) in [5.74, 6) is 0. The van der Waals surface area contributed by atoms with Gasteiger partial charge in [0.1, 0.15) is 0 Å². The molecule has 2 N–H and O–H groups in total. The predicted octanol–water partition coefficient (Wildman–Crippen LogP) is 2.17. The van der Waals surface area contributed by atoms with Gasteiger partial charge in [-0.05, 0) is 25.0 Å². The van der Waals surface area contributed by atoms with Crippen LogP contribution in [0.1, 0.15) is 32.3 Å². The van der Waals surface area contributed by atoms with Crippen molar-refractivity contribution in [2.75, 3.05) is 18.0 Å². The largest absolute Gasteiger partial charge is 0.370 e. The molecule has 0 atom stereocenters. The minimum atomic E-state index is 0.584. The summed E-state index contributed by atoms with van der Waals surface area (Å²) in [6, 6.07) is 2.00. The third-order valence-corrected chi connectivity index (χ3v) is 2.61. The quantitative estimate of drug-likeness (QED) is 0.777. The SMILES string of the molecule is CCCCN(CC)c1cnccc1CN. The molecule has 0 bridgehead atoms. The van der Waals surface area contributed by atoms with Gasteiger partial charge in [-0.3, -0.25) is 4.98 Å². The molecule has 1 heterocycles. The minimum Gasteiger partial charge on any atom is -0.370 e. The zero-order valence-corrected chi connectivity index (χ0v) is 9.74. The zero-order valence-electron chi connectivity index (χ0n) is 9.74. The number of anilines is 1. The summed E-state index contributed by atoms with van der Waals surface area (Å²) in [5.41, 5.74) is 8.09. The number of hydrogen-bond donors (Lipinski definition) is 1. The molecule has 0 aliphatic carbocycles. The molecule has 0 unspecified atom stereocenters. The molecule has 0 aromatic carbocycles. The molecule has 15 heavy (non-hydrogen) atoms. The van der Waals surface area contributed by atoms with E-state index in [0.29, 0.717) is 6.54 Å². The monoisotopic (exact) mass is 207 g/mol. The third kappa shape index (κ3) is 3.20. The van der Waals surface area contributed by atoms with Gasteiger partial charge in [-0.1, -0.05) is 13.3 Å². The van der Waals surface area contributed by atoms with Gasteiger partial charge in [0, 0.05) is 25.8 Å². The normalized spacial score (nSPS) is 10.3. The van der Waals surface area contributed by atoms with E-state index in [9.17, 15) is 0 Å². The van der Waals surface area contributed by atoms with Crippen LogP contribution >= 0.6 is 0 Å². The first-order chi connectivity index (χ1) is 7.33. The molecular weight excluding hydrogens is 186 g/mol. The second kappa shape index (κ2) is 6.40. The lowest BCUT2D eigenvalue weighted by Crippen LogP contribution is -2.25. The maximum absolute atomic E-state index is 5.72. The lowest BCUT2D eigenvalue weighted by molar-refractivity contribution is 0.727. The van der Waals surface area contributed by atoms with Gasteiger partial charge in [0.15, 0.2) is 0 Å². The van der Waals surface area contributed by atoms with Crippen LogP contribution in [0.5, 0.6) is 0 Å². The van der Waals surface area contributed by atoms with E-state index < -0.39 is 0 Å². The Morgan fingerprint density at radius 2 is 2.20 bits per heavy atom. The smallest absolute Gasteiger partial charge is 0.0598 e. The van der Waals surface area contributed by atoms with E-state index in [0.717, 1.165) is 13.1 Å². The van der Waals surface area contributed by atoms with Crippen molar-refractivity contribution in [3.05, 3.63) is 24.0 Å². The van der Waals surface area contributed by atoms with Crippen molar-refractivity contribution < 1.29 is 0 Å². The topological polar surface area (TPSA) is 42.2 Å². The molecule has 3 heteroatoms. The van der Waals surface area contributed by atoms with E-state index in [1.54, 1.807) is 6.20 Å². The van der Waals surface area contributed by atoms with Crippen LogP contribution in [0.2, 0.25) is 0 Å². The first-order valence-corrected chi connectivity index (χ1v) is 5.71. The summed E-state index contributed by atoms with van der Waals surface area (Å²) >= 11 is 0. The second-order valence-electron chi connectivity index (χ2n) is 3.64.